The first-order valence-electron chi connectivity index (χ1n) is 4.23. The first-order valence-corrected chi connectivity index (χ1v) is 4.23. The number of hydrogen-bond donors (Lipinski definition) is 1. The number of aliphatic hydroxyl groups excluding tert-OH is 1. The van der Waals surface area contributed by atoms with Crippen LogP contribution < -0.4 is 0 Å². The molecule has 1 aliphatic heterocycles. The number of aliphatic hydroxyl groups is 1. The van der Waals surface area contributed by atoms with Crippen LogP contribution in [0.15, 0.2) is 5.16 Å². The van der Waals surface area contributed by atoms with Gasteiger partial charge in [-0.3, -0.25) is 0 Å². The first-order chi connectivity index (χ1) is 5.40. The van der Waals surface area contributed by atoms with Gasteiger partial charge in [-0.1, -0.05) is 11.6 Å². The summed E-state index contributed by atoms with van der Waals surface area (Å²) >= 11 is 0. The highest BCUT2D eigenvalue weighted by molar-refractivity contribution is 5.88. The second-order valence-corrected chi connectivity index (χ2v) is 3.32. The third-order valence-electron chi connectivity index (χ3n) is 2.54. The van der Waals surface area contributed by atoms with E-state index in [0.29, 0.717) is 5.92 Å². The summed E-state index contributed by atoms with van der Waals surface area (Å²) in [4.78, 5) is 5.01. The van der Waals surface area contributed by atoms with E-state index in [9.17, 15) is 0 Å². The zero-order chi connectivity index (χ0) is 7.68. The van der Waals surface area contributed by atoms with Gasteiger partial charge in [-0.05, 0) is 12.8 Å². The second kappa shape index (κ2) is 2.81. The standard InChI is InChI=1S/C8H13NO2/c10-5-7-4-8(9-11-7)6-2-1-3-6/h6-7,10H,1-5H2. The van der Waals surface area contributed by atoms with Crippen molar-refractivity contribution in [2.24, 2.45) is 11.1 Å². The lowest BCUT2D eigenvalue weighted by molar-refractivity contribution is 0.0390. The van der Waals surface area contributed by atoms with Crippen LogP contribution in [0.3, 0.4) is 0 Å². The Balaban J connectivity index is 1.86. The van der Waals surface area contributed by atoms with Crippen molar-refractivity contribution in [1.82, 2.24) is 0 Å². The molecule has 1 N–H and O–H groups in total. The Morgan fingerprint density at radius 3 is 2.82 bits per heavy atom. The molecular weight excluding hydrogens is 142 g/mol. The second-order valence-electron chi connectivity index (χ2n) is 3.32. The van der Waals surface area contributed by atoms with Crippen molar-refractivity contribution in [3.05, 3.63) is 0 Å². The number of rotatable bonds is 2. The molecule has 62 valence electrons. The van der Waals surface area contributed by atoms with Crippen LogP contribution in [-0.2, 0) is 4.84 Å². The summed E-state index contributed by atoms with van der Waals surface area (Å²) in [5, 5.41) is 12.7. The van der Waals surface area contributed by atoms with E-state index >= 15 is 0 Å². The van der Waals surface area contributed by atoms with E-state index in [1.54, 1.807) is 0 Å². The molecule has 11 heavy (non-hydrogen) atoms. The maximum atomic E-state index is 8.76. The Morgan fingerprint density at radius 1 is 1.55 bits per heavy atom. The Hall–Kier alpha value is -0.570. The molecule has 0 amide bonds. The highest BCUT2D eigenvalue weighted by Gasteiger charge is 2.30. The van der Waals surface area contributed by atoms with Crippen LogP contribution in [0.25, 0.3) is 0 Å². The van der Waals surface area contributed by atoms with E-state index < -0.39 is 0 Å². The topological polar surface area (TPSA) is 41.8 Å². The van der Waals surface area contributed by atoms with Gasteiger partial charge in [-0.15, -0.1) is 0 Å². The van der Waals surface area contributed by atoms with E-state index in [-0.39, 0.29) is 12.7 Å². The van der Waals surface area contributed by atoms with Gasteiger partial charge in [-0.25, -0.2) is 0 Å². The molecule has 1 heterocycles. The van der Waals surface area contributed by atoms with Crippen molar-refractivity contribution in [3.8, 4) is 0 Å². The lowest BCUT2D eigenvalue weighted by Gasteiger charge is -2.24. The molecular formula is C8H13NO2. The zero-order valence-electron chi connectivity index (χ0n) is 6.49. The van der Waals surface area contributed by atoms with Gasteiger partial charge >= 0.3 is 0 Å². The predicted octanol–water partition coefficient (Wildman–Crippen LogP) is 0.924. The third-order valence-corrected chi connectivity index (χ3v) is 2.54. The van der Waals surface area contributed by atoms with Crippen molar-refractivity contribution in [2.45, 2.75) is 31.8 Å². The number of oxime groups is 1. The molecule has 0 saturated heterocycles. The Bertz CT molecular complexity index is 175. The van der Waals surface area contributed by atoms with Gasteiger partial charge < -0.3 is 9.94 Å². The molecule has 1 fully saturated rings. The molecule has 1 atom stereocenters. The highest BCUT2D eigenvalue weighted by Crippen LogP contribution is 2.31. The molecule has 0 radical (unpaired) electrons. The summed E-state index contributed by atoms with van der Waals surface area (Å²) in [6.07, 6.45) is 4.65. The summed E-state index contributed by atoms with van der Waals surface area (Å²) < 4.78 is 0. The molecule has 2 rings (SSSR count). The minimum Gasteiger partial charge on any atom is -0.392 e. The average molecular weight is 155 g/mol. The van der Waals surface area contributed by atoms with Crippen LogP contribution in [0.2, 0.25) is 0 Å². The van der Waals surface area contributed by atoms with E-state index in [1.807, 2.05) is 0 Å². The van der Waals surface area contributed by atoms with Crippen LogP contribution in [0.1, 0.15) is 25.7 Å². The van der Waals surface area contributed by atoms with Gasteiger partial charge in [0.15, 0.2) is 6.10 Å². The predicted molar refractivity (Wildman–Crippen MR) is 41.4 cm³/mol. The minimum absolute atomic E-state index is 0.0504. The van der Waals surface area contributed by atoms with Crippen LogP contribution in [-0.4, -0.2) is 23.5 Å². The van der Waals surface area contributed by atoms with Crippen molar-refractivity contribution >= 4 is 5.71 Å². The van der Waals surface area contributed by atoms with Gasteiger partial charge in [0.1, 0.15) is 0 Å². The number of nitrogens with zero attached hydrogens (tertiary/aromatic N) is 1. The van der Waals surface area contributed by atoms with Crippen molar-refractivity contribution < 1.29 is 9.94 Å². The zero-order valence-corrected chi connectivity index (χ0v) is 6.49. The fraction of sp³-hybridized carbons (Fsp3) is 0.875. The van der Waals surface area contributed by atoms with Crippen molar-refractivity contribution in [1.29, 1.82) is 0 Å². The SMILES string of the molecule is OCC1CC(C2CCC2)=NO1. The molecule has 0 aromatic heterocycles. The van der Waals surface area contributed by atoms with E-state index in [1.165, 1.54) is 25.0 Å². The molecule has 0 bridgehead atoms. The van der Waals surface area contributed by atoms with Crippen molar-refractivity contribution in [2.75, 3.05) is 6.61 Å². The quantitative estimate of drug-likeness (QED) is 0.644. The monoisotopic (exact) mass is 155 g/mol. The molecule has 0 aromatic rings. The molecule has 0 aromatic carbocycles. The summed E-state index contributed by atoms with van der Waals surface area (Å²) in [6, 6.07) is 0. The molecule has 3 heteroatoms. The van der Waals surface area contributed by atoms with Crippen LogP contribution >= 0.6 is 0 Å². The fourth-order valence-corrected chi connectivity index (χ4v) is 1.53. The molecule has 1 aliphatic carbocycles. The summed E-state index contributed by atoms with van der Waals surface area (Å²) in [5.41, 5.74) is 1.18. The number of hydrogen-bond acceptors (Lipinski definition) is 3. The Kier molecular flexibility index (Phi) is 1.82. The van der Waals surface area contributed by atoms with Gasteiger partial charge in [0.05, 0.1) is 12.3 Å². The van der Waals surface area contributed by atoms with Crippen LogP contribution in [0.5, 0.6) is 0 Å². The van der Waals surface area contributed by atoms with Crippen molar-refractivity contribution in [3.63, 3.8) is 0 Å². The van der Waals surface area contributed by atoms with E-state index in [0.717, 1.165) is 6.42 Å². The van der Waals surface area contributed by atoms with Gasteiger partial charge in [0.2, 0.25) is 0 Å². The Morgan fingerprint density at radius 2 is 2.36 bits per heavy atom. The average Bonchev–Trinajstić information content (AvgIpc) is 2.32. The van der Waals surface area contributed by atoms with Gasteiger partial charge in [0, 0.05) is 12.3 Å². The minimum atomic E-state index is -0.0504. The summed E-state index contributed by atoms with van der Waals surface area (Å²) in [7, 11) is 0. The molecule has 1 saturated carbocycles. The maximum Gasteiger partial charge on any atom is 0.155 e. The van der Waals surface area contributed by atoms with Gasteiger partial charge in [-0.2, -0.15) is 0 Å². The maximum absolute atomic E-state index is 8.76. The van der Waals surface area contributed by atoms with Gasteiger partial charge in [0.25, 0.3) is 0 Å². The molecule has 2 aliphatic rings. The summed E-state index contributed by atoms with van der Waals surface area (Å²) in [5.74, 6) is 0.673. The highest BCUT2D eigenvalue weighted by atomic mass is 16.6. The fourth-order valence-electron chi connectivity index (χ4n) is 1.53. The molecule has 3 nitrogen and oxygen atoms in total. The summed E-state index contributed by atoms with van der Waals surface area (Å²) in [6.45, 7) is 0.0969. The lowest BCUT2D eigenvalue weighted by Crippen LogP contribution is -2.23. The molecule has 1 unspecified atom stereocenters. The van der Waals surface area contributed by atoms with E-state index in [2.05, 4.69) is 5.16 Å². The van der Waals surface area contributed by atoms with E-state index in [4.69, 9.17) is 9.94 Å². The van der Waals surface area contributed by atoms with Crippen LogP contribution in [0.4, 0.5) is 0 Å². The normalized spacial score (nSPS) is 31.0. The largest absolute Gasteiger partial charge is 0.392 e. The Labute approximate surface area is 66.0 Å². The van der Waals surface area contributed by atoms with Crippen LogP contribution in [0, 0.1) is 5.92 Å². The lowest BCUT2D eigenvalue weighted by atomic mass is 9.80. The smallest absolute Gasteiger partial charge is 0.155 e. The third kappa shape index (κ3) is 1.25. The first kappa shape index (κ1) is 7.10. The molecule has 0 spiro atoms.